The van der Waals surface area contributed by atoms with Gasteiger partial charge in [0.2, 0.25) is 0 Å². The molecule has 2 N–H and O–H groups in total. The van der Waals surface area contributed by atoms with Crippen LogP contribution in [0.15, 0.2) is 0 Å². The Balaban J connectivity index is 3.84. The van der Waals surface area contributed by atoms with Crippen molar-refractivity contribution in [1.29, 1.82) is 0 Å². The molecule has 0 spiro atoms. The molecule has 0 aromatic rings. The van der Waals surface area contributed by atoms with Crippen LogP contribution in [0.25, 0.3) is 0 Å². The van der Waals surface area contributed by atoms with Gasteiger partial charge in [-0.05, 0) is 25.0 Å². The van der Waals surface area contributed by atoms with Gasteiger partial charge in [0, 0.05) is 24.4 Å². The van der Waals surface area contributed by atoms with Gasteiger partial charge in [0.05, 0.1) is 13.2 Å². The van der Waals surface area contributed by atoms with Crippen molar-refractivity contribution in [1.82, 2.24) is 5.32 Å². The molecule has 1 atom stereocenters. The molecule has 0 saturated carbocycles. The molecule has 0 bridgehead atoms. The van der Waals surface area contributed by atoms with Crippen LogP contribution in [-0.4, -0.2) is 48.5 Å². The molecule has 4 heteroatoms. The summed E-state index contributed by atoms with van der Waals surface area (Å²) in [6, 6.07) is 0.420. The lowest BCUT2D eigenvalue weighted by Crippen LogP contribution is -2.51. The second-order valence-electron chi connectivity index (χ2n) is 4.80. The zero-order valence-corrected chi connectivity index (χ0v) is 12.6. The monoisotopic (exact) mass is 263 g/mol. The van der Waals surface area contributed by atoms with E-state index >= 15 is 0 Å². The summed E-state index contributed by atoms with van der Waals surface area (Å²) in [6.07, 6.45) is 3.16. The SMILES string of the molecule is CCC(CO)(CCCSCCOC)NC(C)C. The first-order valence-electron chi connectivity index (χ1n) is 6.55. The van der Waals surface area contributed by atoms with Gasteiger partial charge in [-0.3, -0.25) is 0 Å². The van der Waals surface area contributed by atoms with E-state index in [9.17, 15) is 5.11 Å². The third-order valence-electron chi connectivity index (χ3n) is 2.95. The van der Waals surface area contributed by atoms with Crippen LogP contribution in [0.1, 0.15) is 40.0 Å². The molecule has 104 valence electrons. The fraction of sp³-hybridized carbons (Fsp3) is 1.00. The number of ether oxygens (including phenoxy) is 1. The van der Waals surface area contributed by atoms with E-state index < -0.39 is 0 Å². The summed E-state index contributed by atoms with van der Waals surface area (Å²) in [7, 11) is 1.74. The Kier molecular flexibility index (Phi) is 10.3. The van der Waals surface area contributed by atoms with Gasteiger partial charge in [0.15, 0.2) is 0 Å². The number of hydrogen-bond acceptors (Lipinski definition) is 4. The van der Waals surface area contributed by atoms with Crippen molar-refractivity contribution in [2.75, 3.05) is 31.8 Å². The predicted molar refractivity (Wildman–Crippen MR) is 76.8 cm³/mol. The van der Waals surface area contributed by atoms with E-state index in [4.69, 9.17) is 4.74 Å². The maximum absolute atomic E-state index is 9.58. The van der Waals surface area contributed by atoms with Crippen molar-refractivity contribution < 1.29 is 9.84 Å². The Morgan fingerprint density at radius 3 is 2.53 bits per heavy atom. The first kappa shape index (κ1) is 17.2. The smallest absolute Gasteiger partial charge is 0.0613 e. The summed E-state index contributed by atoms with van der Waals surface area (Å²) in [5, 5.41) is 13.1. The van der Waals surface area contributed by atoms with Crippen LogP contribution in [0.4, 0.5) is 0 Å². The van der Waals surface area contributed by atoms with E-state index in [1.54, 1.807) is 7.11 Å². The molecule has 0 aromatic heterocycles. The number of nitrogens with one attached hydrogen (secondary N) is 1. The van der Waals surface area contributed by atoms with E-state index in [1.807, 2.05) is 11.8 Å². The van der Waals surface area contributed by atoms with E-state index in [0.29, 0.717) is 6.04 Å². The Labute approximate surface area is 111 Å². The molecular formula is C13H29NO2S. The second kappa shape index (κ2) is 10.2. The third-order valence-corrected chi connectivity index (χ3v) is 3.98. The minimum Gasteiger partial charge on any atom is -0.394 e. The highest BCUT2D eigenvalue weighted by Crippen LogP contribution is 2.19. The van der Waals surface area contributed by atoms with Crippen LogP contribution in [0.5, 0.6) is 0 Å². The molecule has 0 fully saturated rings. The summed E-state index contributed by atoms with van der Waals surface area (Å²) in [5.41, 5.74) is -0.0873. The van der Waals surface area contributed by atoms with Gasteiger partial charge in [0.25, 0.3) is 0 Å². The summed E-state index contributed by atoms with van der Waals surface area (Å²) < 4.78 is 5.01. The minimum atomic E-state index is -0.0873. The van der Waals surface area contributed by atoms with Gasteiger partial charge >= 0.3 is 0 Å². The lowest BCUT2D eigenvalue weighted by atomic mass is 9.91. The largest absolute Gasteiger partial charge is 0.394 e. The van der Waals surface area contributed by atoms with Crippen LogP contribution >= 0.6 is 11.8 Å². The summed E-state index contributed by atoms with van der Waals surface area (Å²) in [4.78, 5) is 0. The fourth-order valence-corrected chi connectivity index (χ4v) is 2.79. The van der Waals surface area contributed by atoms with E-state index in [2.05, 4.69) is 26.1 Å². The van der Waals surface area contributed by atoms with Crippen molar-refractivity contribution >= 4 is 11.8 Å². The number of rotatable bonds is 11. The molecule has 0 aliphatic carbocycles. The van der Waals surface area contributed by atoms with Crippen molar-refractivity contribution in [2.45, 2.75) is 51.6 Å². The fourth-order valence-electron chi connectivity index (χ4n) is 1.96. The lowest BCUT2D eigenvalue weighted by Gasteiger charge is -2.34. The van der Waals surface area contributed by atoms with Crippen LogP contribution in [0.2, 0.25) is 0 Å². The van der Waals surface area contributed by atoms with Crippen LogP contribution in [0, 0.1) is 0 Å². The summed E-state index contributed by atoms with van der Waals surface area (Å²) >= 11 is 1.92. The average Bonchev–Trinajstić information content (AvgIpc) is 2.31. The zero-order chi connectivity index (χ0) is 13.1. The van der Waals surface area contributed by atoms with Crippen LogP contribution < -0.4 is 5.32 Å². The molecule has 1 unspecified atom stereocenters. The van der Waals surface area contributed by atoms with E-state index in [-0.39, 0.29) is 12.1 Å². The van der Waals surface area contributed by atoms with Crippen LogP contribution in [0.3, 0.4) is 0 Å². The van der Waals surface area contributed by atoms with Gasteiger partial charge in [-0.1, -0.05) is 20.8 Å². The quantitative estimate of drug-likeness (QED) is 0.561. The van der Waals surface area contributed by atoms with Crippen molar-refractivity contribution in [3.8, 4) is 0 Å². The highest BCUT2D eigenvalue weighted by atomic mass is 32.2. The molecule has 0 aliphatic heterocycles. The number of thioether (sulfide) groups is 1. The lowest BCUT2D eigenvalue weighted by molar-refractivity contribution is 0.137. The number of hydrogen-bond donors (Lipinski definition) is 2. The summed E-state index contributed by atoms with van der Waals surface area (Å²) in [6.45, 7) is 7.46. The molecule has 0 radical (unpaired) electrons. The third kappa shape index (κ3) is 8.03. The van der Waals surface area contributed by atoms with Crippen molar-refractivity contribution in [3.05, 3.63) is 0 Å². The maximum atomic E-state index is 9.58. The molecule has 3 nitrogen and oxygen atoms in total. The molecule has 0 heterocycles. The van der Waals surface area contributed by atoms with Gasteiger partial charge < -0.3 is 15.2 Å². The van der Waals surface area contributed by atoms with Gasteiger partial charge in [0.1, 0.15) is 0 Å². The standard InChI is InChI=1S/C13H29NO2S/c1-5-13(11-15,14-12(2)3)7-6-9-17-10-8-16-4/h12,14-15H,5-11H2,1-4H3. The normalized spacial score (nSPS) is 15.2. The predicted octanol–water partition coefficient (Wildman–Crippen LogP) is 2.29. The maximum Gasteiger partial charge on any atom is 0.0613 e. The average molecular weight is 263 g/mol. The number of aliphatic hydroxyl groups excluding tert-OH is 1. The Morgan fingerprint density at radius 1 is 1.35 bits per heavy atom. The molecule has 0 saturated heterocycles. The van der Waals surface area contributed by atoms with E-state index in [0.717, 1.165) is 37.4 Å². The summed E-state index contributed by atoms with van der Waals surface area (Å²) in [5.74, 6) is 2.21. The minimum absolute atomic E-state index is 0.0873. The molecule has 0 aliphatic rings. The Hall–Kier alpha value is 0.230. The molecular weight excluding hydrogens is 234 g/mol. The van der Waals surface area contributed by atoms with Gasteiger partial charge in [-0.25, -0.2) is 0 Å². The zero-order valence-electron chi connectivity index (χ0n) is 11.8. The van der Waals surface area contributed by atoms with Gasteiger partial charge in [-0.2, -0.15) is 11.8 Å². The van der Waals surface area contributed by atoms with Crippen molar-refractivity contribution in [3.63, 3.8) is 0 Å². The molecule has 0 rings (SSSR count). The highest BCUT2D eigenvalue weighted by Gasteiger charge is 2.26. The second-order valence-corrected chi connectivity index (χ2v) is 6.02. The Morgan fingerprint density at radius 2 is 2.06 bits per heavy atom. The number of methoxy groups -OCH3 is 1. The number of aliphatic hydroxyl groups is 1. The molecule has 17 heavy (non-hydrogen) atoms. The van der Waals surface area contributed by atoms with Crippen LogP contribution in [-0.2, 0) is 4.74 Å². The van der Waals surface area contributed by atoms with Crippen molar-refractivity contribution in [2.24, 2.45) is 0 Å². The molecule has 0 aromatic carbocycles. The highest BCUT2D eigenvalue weighted by molar-refractivity contribution is 7.99. The first-order valence-corrected chi connectivity index (χ1v) is 7.71. The molecule has 0 amide bonds. The van der Waals surface area contributed by atoms with E-state index in [1.165, 1.54) is 0 Å². The Bertz CT molecular complexity index is 173. The topological polar surface area (TPSA) is 41.5 Å². The van der Waals surface area contributed by atoms with Gasteiger partial charge in [-0.15, -0.1) is 0 Å². The first-order chi connectivity index (χ1) is 8.10.